The molecule has 10 nitrogen and oxygen atoms in total. The first-order chi connectivity index (χ1) is 16.3. The lowest BCUT2D eigenvalue weighted by atomic mass is 10.1. The number of nitrogens with zero attached hydrogens (tertiary/aromatic N) is 6. The summed E-state index contributed by atoms with van der Waals surface area (Å²) in [6.07, 6.45) is 2.69. The molecule has 5 rings (SSSR count). The molecule has 3 aromatic heterocycles. The van der Waals surface area contributed by atoms with Gasteiger partial charge in [0.05, 0.1) is 12.1 Å². The Bertz CT molecular complexity index is 1470. The van der Waals surface area contributed by atoms with Gasteiger partial charge in [-0.25, -0.2) is 13.4 Å². The molecule has 4 aromatic rings. The van der Waals surface area contributed by atoms with Gasteiger partial charge >= 0.3 is 0 Å². The average Bonchev–Trinajstić information content (AvgIpc) is 3.44. The summed E-state index contributed by atoms with van der Waals surface area (Å²) >= 11 is 0. The van der Waals surface area contributed by atoms with Crippen molar-refractivity contribution in [2.75, 3.05) is 32.4 Å². The van der Waals surface area contributed by atoms with Gasteiger partial charge in [0, 0.05) is 44.2 Å². The molecule has 0 saturated carbocycles. The molecule has 0 N–H and O–H groups in total. The quantitative estimate of drug-likeness (QED) is 0.426. The summed E-state index contributed by atoms with van der Waals surface area (Å²) in [5.41, 5.74) is 2.64. The number of carbonyl (C=O) groups excluding carboxylic acids is 1. The van der Waals surface area contributed by atoms with Gasteiger partial charge in [-0.1, -0.05) is 35.5 Å². The number of aromatic nitrogens is 4. The van der Waals surface area contributed by atoms with Crippen molar-refractivity contribution in [3.8, 4) is 11.4 Å². The van der Waals surface area contributed by atoms with E-state index in [0.717, 1.165) is 17.4 Å². The Kier molecular flexibility index (Phi) is 5.66. The van der Waals surface area contributed by atoms with E-state index in [4.69, 9.17) is 4.52 Å². The maximum Gasteiger partial charge on any atom is 0.274 e. The van der Waals surface area contributed by atoms with Gasteiger partial charge in [0.15, 0.2) is 5.69 Å². The fourth-order valence-corrected chi connectivity index (χ4v) is 4.90. The van der Waals surface area contributed by atoms with Gasteiger partial charge in [-0.2, -0.15) is 4.98 Å². The van der Waals surface area contributed by atoms with Crippen LogP contribution in [0.15, 0.2) is 58.3 Å². The number of rotatable bonds is 5. The molecule has 0 bridgehead atoms. The van der Waals surface area contributed by atoms with E-state index >= 15 is 0 Å². The summed E-state index contributed by atoms with van der Waals surface area (Å²) in [4.78, 5) is 25.8. The molecule has 0 spiro atoms. The van der Waals surface area contributed by atoms with Crippen LogP contribution in [0.4, 0.5) is 0 Å². The van der Waals surface area contributed by atoms with E-state index in [1.165, 1.54) is 4.40 Å². The number of fused-ring (bicyclic) bond motifs is 1. The molecule has 0 unspecified atom stereocenters. The van der Waals surface area contributed by atoms with Crippen molar-refractivity contribution < 1.29 is 17.7 Å². The maximum atomic E-state index is 13.2. The van der Waals surface area contributed by atoms with Gasteiger partial charge in [-0.15, -0.1) is 0 Å². The Balaban J connectivity index is 1.27. The van der Waals surface area contributed by atoms with E-state index in [1.54, 1.807) is 29.3 Å². The zero-order valence-electron chi connectivity index (χ0n) is 18.9. The zero-order chi connectivity index (χ0) is 23.9. The lowest BCUT2D eigenvalue weighted by Crippen LogP contribution is -2.48. The standard InChI is InChI=1S/C23H24N6O4S/c1-16-7-3-4-8-17(16)21-24-19(33-26-21)15-27-11-13-28(14-12-27)22(30)20-18-9-5-6-10-29(18)23(25-20)34(2,31)32/h3-10H,11-15H2,1-2H3. The predicted octanol–water partition coefficient (Wildman–Crippen LogP) is 2.05. The van der Waals surface area contributed by atoms with Crippen molar-refractivity contribution in [1.29, 1.82) is 0 Å². The molecule has 11 heteroatoms. The molecule has 34 heavy (non-hydrogen) atoms. The van der Waals surface area contributed by atoms with Gasteiger partial charge in [-0.3, -0.25) is 14.1 Å². The number of pyridine rings is 1. The summed E-state index contributed by atoms with van der Waals surface area (Å²) in [6, 6.07) is 13.0. The van der Waals surface area contributed by atoms with Gasteiger partial charge in [-0.05, 0) is 24.6 Å². The van der Waals surface area contributed by atoms with Crippen LogP contribution in [0.3, 0.4) is 0 Å². The first-order valence-electron chi connectivity index (χ1n) is 10.9. The van der Waals surface area contributed by atoms with E-state index < -0.39 is 9.84 Å². The topological polar surface area (TPSA) is 114 Å². The first-order valence-corrected chi connectivity index (χ1v) is 12.8. The molecule has 4 heterocycles. The molecule has 1 amide bonds. The van der Waals surface area contributed by atoms with Crippen LogP contribution in [-0.4, -0.2) is 76.1 Å². The molecule has 176 valence electrons. The van der Waals surface area contributed by atoms with Gasteiger partial charge < -0.3 is 9.42 Å². The minimum atomic E-state index is -3.59. The molecular weight excluding hydrogens is 456 g/mol. The summed E-state index contributed by atoms with van der Waals surface area (Å²) in [5, 5.41) is 3.98. The molecule has 1 aromatic carbocycles. The van der Waals surface area contributed by atoms with Gasteiger partial charge in [0.25, 0.3) is 5.91 Å². The Morgan fingerprint density at radius 3 is 2.50 bits per heavy atom. The monoisotopic (exact) mass is 480 g/mol. The number of aryl methyl sites for hydroxylation is 1. The van der Waals surface area contributed by atoms with E-state index in [1.807, 2.05) is 31.2 Å². The van der Waals surface area contributed by atoms with Gasteiger partial charge in [0.2, 0.25) is 26.7 Å². The fourth-order valence-electron chi connectivity index (χ4n) is 4.13. The predicted molar refractivity (Wildman–Crippen MR) is 124 cm³/mol. The number of amides is 1. The number of hydrogen-bond acceptors (Lipinski definition) is 8. The van der Waals surface area contributed by atoms with Crippen molar-refractivity contribution in [2.45, 2.75) is 18.6 Å². The van der Waals surface area contributed by atoms with Crippen LogP contribution in [0, 0.1) is 6.92 Å². The molecule has 1 fully saturated rings. The zero-order valence-corrected chi connectivity index (χ0v) is 19.7. The van der Waals surface area contributed by atoms with Crippen LogP contribution < -0.4 is 0 Å². The summed E-state index contributed by atoms with van der Waals surface area (Å²) in [7, 11) is -3.59. The highest BCUT2D eigenvalue weighted by molar-refractivity contribution is 7.90. The number of sulfone groups is 1. The highest BCUT2D eigenvalue weighted by Crippen LogP contribution is 2.22. The number of imidazole rings is 1. The summed E-state index contributed by atoms with van der Waals surface area (Å²) < 4.78 is 31.2. The highest BCUT2D eigenvalue weighted by Gasteiger charge is 2.29. The van der Waals surface area contributed by atoms with Crippen molar-refractivity contribution in [2.24, 2.45) is 0 Å². The van der Waals surface area contributed by atoms with Crippen LogP contribution >= 0.6 is 0 Å². The fraction of sp³-hybridized carbons (Fsp3) is 0.304. The van der Waals surface area contributed by atoms with Crippen LogP contribution in [0.1, 0.15) is 21.9 Å². The molecule has 1 aliphatic rings. The second kappa shape index (κ2) is 8.65. The Morgan fingerprint density at radius 2 is 1.76 bits per heavy atom. The highest BCUT2D eigenvalue weighted by atomic mass is 32.2. The summed E-state index contributed by atoms with van der Waals surface area (Å²) in [6.45, 7) is 4.71. The molecule has 1 aliphatic heterocycles. The van der Waals surface area contributed by atoms with E-state index in [9.17, 15) is 13.2 Å². The minimum absolute atomic E-state index is 0.133. The second-order valence-corrected chi connectivity index (χ2v) is 10.3. The normalized spacial score (nSPS) is 15.2. The van der Waals surface area contributed by atoms with Crippen LogP contribution in [0.2, 0.25) is 0 Å². The SMILES string of the molecule is Cc1ccccc1-c1noc(CN2CCN(C(=O)c3nc(S(C)(=O)=O)n4ccccc34)CC2)n1. The molecule has 0 aliphatic carbocycles. The number of carbonyl (C=O) groups is 1. The van der Waals surface area contributed by atoms with Crippen LogP contribution in [0.25, 0.3) is 16.9 Å². The van der Waals surface area contributed by atoms with Crippen molar-refractivity contribution in [3.05, 3.63) is 65.8 Å². The number of piperazine rings is 1. The molecule has 1 saturated heterocycles. The maximum absolute atomic E-state index is 13.2. The van der Waals surface area contributed by atoms with E-state index in [-0.39, 0.29) is 16.8 Å². The third-order valence-corrected chi connectivity index (χ3v) is 6.87. The average molecular weight is 481 g/mol. The minimum Gasteiger partial charge on any atom is -0.338 e. The van der Waals surface area contributed by atoms with Crippen LogP contribution in [-0.2, 0) is 16.4 Å². The van der Waals surface area contributed by atoms with E-state index in [0.29, 0.717) is 50.0 Å². The Hall–Kier alpha value is -3.57. The summed E-state index contributed by atoms with van der Waals surface area (Å²) in [5.74, 6) is 0.809. The number of benzene rings is 1. The smallest absolute Gasteiger partial charge is 0.274 e. The third kappa shape index (κ3) is 4.19. The van der Waals surface area contributed by atoms with Crippen molar-refractivity contribution in [1.82, 2.24) is 29.3 Å². The van der Waals surface area contributed by atoms with Crippen LogP contribution in [0.5, 0.6) is 0 Å². The second-order valence-electron chi connectivity index (χ2n) is 8.37. The lowest BCUT2D eigenvalue weighted by molar-refractivity contribution is 0.0611. The Labute approximate surface area is 196 Å². The Morgan fingerprint density at radius 1 is 1.03 bits per heavy atom. The van der Waals surface area contributed by atoms with Crippen molar-refractivity contribution in [3.63, 3.8) is 0 Å². The third-order valence-electron chi connectivity index (χ3n) is 5.92. The van der Waals surface area contributed by atoms with Crippen molar-refractivity contribution >= 4 is 21.3 Å². The van der Waals surface area contributed by atoms with Gasteiger partial charge in [0.1, 0.15) is 0 Å². The first kappa shape index (κ1) is 22.2. The largest absolute Gasteiger partial charge is 0.338 e. The van der Waals surface area contributed by atoms with E-state index in [2.05, 4.69) is 20.0 Å². The molecule has 0 radical (unpaired) electrons. The molecular formula is C23H24N6O4S. The molecule has 0 atom stereocenters. The lowest BCUT2D eigenvalue weighted by Gasteiger charge is -2.33. The number of hydrogen-bond donors (Lipinski definition) is 0.